The number of para-hydroxylation sites is 1. The zero-order chi connectivity index (χ0) is 33.2. The average Bonchev–Trinajstić information content (AvgIpc) is 3.41. The maximum Gasteiger partial charge on any atom is 0.390 e. The minimum atomic E-state index is -4.33. The molecule has 10 heteroatoms. The van der Waals surface area contributed by atoms with E-state index in [-0.39, 0.29) is 19.0 Å². The number of aromatic nitrogens is 2. The molecule has 6 nitrogen and oxygen atoms in total. The lowest BCUT2D eigenvalue weighted by Crippen LogP contribution is -2.41. The van der Waals surface area contributed by atoms with Crippen LogP contribution < -0.4 is 15.4 Å². The fourth-order valence-corrected chi connectivity index (χ4v) is 5.84. The van der Waals surface area contributed by atoms with Gasteiger partial charge in [-0.15, -0.1) is 0 Å². The van der Waals surface area contributed by atoms with Gasteiger partial charge in [0.1, 0.15) is 17.2 Å². The SMILES string of the molecule is CCc1cccc(CC)c1NC(=O)c1ccc(-c2cnc3n2CC(C)(Oc2cc(F)ccc2C)C=C3NCCC(F)(F)F)cc1C. The molecular weight excluding hydrogens is 596 g/mol. The zero-order valence-electron chi connectivity index (χ0n) is 26.6. The van der Waals surface area contributed by atoms with Gasteiger partial charge in [-0.2, -0.15) is 13.2 Å². The van der Waals surface area contributed by atoms with Crippen molar-refractivity contribution in [1.82, 2.24) is 14.9 Å². The van der Waals surface area contributed by atoms with E-state index in [1.165, 1.54) is 12.1 Å². The normalized spacial score (nSPS) is 16.1. The van der Waals surface area contributed by atoms with E-state index in [2.05, 4.69) is 29.5 Å². The summed E-state index contributed by atoms with van der Waals surface area (Å²) in [4.78, 5) is 18.0. The number of fused-ring (bicyclic) bond motifs is 1. The Morgan fingerprint density at radius 1 is 1.02 bits per heavy atom. The smallest absolute Gasteiger partial charge is 0.390 e. The lowest BCUT2D eigenvalue weighted by molar-refractivity contribution is -0.132. The number of halogens is 4. The Morgan fingerprint density at radius 3 is 2.39 bits per heavy atom. The minimum absolute atomic E-state index is 0.208. The van der Waals surface area contributed by atoms with Gasteiger partial charge in [0.2, 0.25) is 0 Å². The van der Waals surface area contributed by atoms with Crippen molar-refractivity contribution in [1.29, 1.82) is 0 Å². The number of amides is 1. The van der Waals surface area contributed by atoms with Crippen molar-refractivity contribution in [3.63, 3.8) is 0 Å². The molecule has 1 aliphatic rings. The van der Waals surface area contributed by atoms with Crippen LogP contribution >= 0.6 is 0 Å². The van der Waals surface area contributed by atoms with Gasteiger partial charge in [-0.25, -0.2) is 9.37 Å². The molecule has 0 saturated carbocycles. The Morgan fingerprint density at radius 2 is 1.74 bits per heavy atom. The summed E-state index contributed by atoms with van der Waals surface area (Å²) in [6, 6.07) is 15.8. The summed E-state index contributed by atoms with van der Waals surface area (Å²) in [7, 11) is 0. The van der Waals surface area contributed by atoms with E-state index in [1.807, 2.05) is 41.8 Å². The Labute approximate surface area is 266 Å². The molecule has 1 unspecified atom stereocenters. The third-order valence-electron chi connectivity index (χ3n) is 8.24. The summed E-state index contributed by atoms with van der Waals surface area (Å²) < 4.78 is 61.4. The molecule has 0 bridgehead atoms. The molecule has 5 rings (SSSR count). The standard InChI is InChI=1S/C36H38F4N4O2/c1-6-24-9-8-10-25(7-2)32(24)43-34(45)28-14-12-26(17-23(28)4)30-20-42-33-29(41-16-15-36(38,39)40)19-35(5,21-44(30)33)46-31-18-27(37)13-11-22(31)3/h8-14,17-20,41H,6-7,15-16,21H2,1-5H3,(H,43,45). The molecule has 3 aromatic carbocycles. The van der Waals surface area contributed by atoms with Crippen LogP contribution in [0, 0.1) is 19.7 Å². The molecule has 2 heterocycles. The zero-order valence-corrected chi connectivity index (χ0v) is 26.6. The number of hydrogen-bond acceptors (Lipinski definition) is 4. The van der Waals surface area contributed by atoms with Crippen LogP contribution in [0.1, 0.15) is 65.6 Å². The van der Waals surface area contributed by atoms with Crippen molar-refractivity contribution in [3.8, 4) is 17.0 Å². The van der Waals surface area contributed by atoms with Crippen LogP contribution in [-0.2, 0) is 19.4 Å². The van der Waals surface area contributed by atoms with Gasteiger partial charge in [0.05, 0.1) is 30.6 Å². The Balaban J connectivity index is 1.47. The molecule has 4 aromatic rings. The van der Waals surface area contributed by atoms with Crippen LogP contribution in [0.4, 0.5) is 23.2 Å². The molecule has 2 N–H and O–H groups in total. The lowest BCUT2D eigenvalue weighted by Gasteiger charge is -2.35. The third-order valence-corrected chi connectivity index (χ3v) is 8.24. The first-order chi connectivity index (χ1) is 21.8. The van der Waals surface area contributed by atoms with E-state index in [4.69, 9.17) is 4.74 Å². The topological polar surface area (TPSA) is 68.2 Å². The van der Waals surface area contributed by atoms with Gasteiger partial charge in [-0.3, -0.25) is 4.79 Å². The maximum atomic E-state index is 14.1. The second-order valence-electron chi connectivity index (χ2n) is 11.9. The van der Waals surface area contributed by atoms with Crippen molar-refractivity contribution in [2.75, 3.05) is 11.9 Å². The van der Waals surface area contributed by atoms with Gasteiger partial charge >= 0.3 is 6.18 Å². The van der Waals surface area contributed by atoms with Crippen LogP contribution in [0.2, 0.25) is 0 Å². The van der Waals surface area contributed by atoms with E-state index < -0.39 is 24.0 Å². The minimum Gasteiger partial charge on any atom is -0.481 e. The molecule has 242 valence electrons. The molecule has 0 radical (unpaired) electrons. The second kappa shape index (κ2) is 13.0. The van der Waals surface area contributed by atoms with E-state index in [0.717, 1.165) is 46.3 Å². The summed E-state index contributed by atoms with van der Waals surface area (Å²) in [5.41, 5.74) is 5.78. The Bertz CT molecular complexity index is 1770. The number of rotatable bonds is 10. The number of ether oxygens (including phenoxy) is 1. The highest BCUT2D eigenvalue weighted by molar-refractivity contribution is 6.06. The van der Waals surface area contributed by atoms with Gasteiger partial charge in [0.25, 0.3) is 5.91 Å². The summed E-state index contributed by atoms with van der Waals surface area (Å²) in [6.45, 7) is 9.47. The highest BCUT2D eigenvalue weighted by Crippen LogP contribution is 2.35. The molecular formula is C36H38F4N4O2. The first-order valence-corrected chi connectivity index (χ1v) is 15.4. The quantitative estimate of drug-likeness (QED) is 0.172. The highest BCUT2D eigenvalue weighted by atomic mass is 19.4. The highest BCUT2D eigenvalue weighted by Gasteiger charge is 2.35. The molecule has 1 aromatic heterocycles. The second-order valence-corrected chi connectivity index (χ2v) is 11.9. The molecule has 1 atom stereocenters. The van der Waals surface area contributed by atoms with Gasteiger partial charge in [0, 0.05) is 29.4 Å². The number of alkyl halides is 3. The first-order valence-electron chi connectivity index (χ1n) is 15.4. The van der Waals surface area contributed by atoms with Crippen molar-refractivity contribution >= 4 is 17.3 Å². The Kier molecular flexibility index (Phi) is 9.28. The van der Waals surface area contributed by atoms with Crippen molar-refractivity contribution in [2.24, 2.45) is 0 Å². The van der Waals surface area contributed by atoms with Gasteiger partial charge in [-0.05, 0) is 80.1 Å². The van der Waals surface area contributed by atoms with Gasteiger partial charge in [0.15, 0.2) is 5.82 Å². The van der Waals surface area contributed by atoms with Crippen molar-refractivity contribution in [3.05, 3.63) is 106 Å². The Hall–Kier alpha value is -4.60. The fourth-order valence-electron chi connectivity index (χ4n) is 5.84. The van der Waals surface area contributed by atoms with Crippen molar-refractivity contribution < 1.29 is 27.1 Å². The molecule has 0 spiro atoms. The maximum absolute atomic E-state index is 14.1. The number of aryl methyl sites for hydroxylation is 4. The fraction of sp³-hybridized carbons (Fsp3) is 0.333. The predicted molar refractivity (Wildman–Crippen MR) is 172 cm³/mol. The number of anilines is 1. The van der Waals surface area contributed by atoms with Gasteiger partial charge < -0.3 is 19.9 Å². The number of nitrogens with one attached hydrogen (secondary N) is 2. The summed E-state index contributed by atoms with van der Waals surface area (Å²) in [6.07, 6.45) is -0.412. The van der Waals surface area contributed by atoms with E-state index in [1.54, 1.807) is 38.3 Å². The van der Waals surface area contributed by atoms with Gasteiger partial charge in [-0.1, -0.05) is 44.2 Å². The van der Waals surface area contributed by atoms with Crippen molar-refractivity contribution in [2.45, 2.75) is 72.2 Å². The predicted octanol–water partition coefficient (Wildman–Crippen LogP) is 8.42. The molecule has 1 amide bonds. The monoisotopic (exact) mass is 634 g/mol. The van der Waals surface area contributed by atoms with E-state index in [9.17, 15) is 22.4 Å². The van der Waals surface area contributed by atoms with Crippen LogP contribution in [0.3, 0.4) is 0 Å². The molecule has 46 heavy (non-hydrogen) atoms. The van der Waals surface area contributed by atoms with Crippen LogP contribution in [0.25, 0.3) is 17.0 Å². The summed E-state index contributed by atoms with van der Waals surface area (Å²) >= 11 is 0. The van der Waals surface area contributed by atoms with Crippen LogP contribution in [0.15, 0.2) is 66.9 Å². The van der Waals surface area contributed by atoms with E-state index >= 15 is 0 Å². The number of benzene rings is 3. The number of nitrogens with zero attached hydrogens (tertiary/aromatic N) is 2. The van der Waals surface area contributed by atoms with Crippen LogP contribution in [0.5, 0.6) is 5.75 Å². The molecule has 0 fully saturated rings. The number of carbonyl (C=O) groups is 1. The number of imidazole rings is 1. The number of carbonyl (C=O) groups excluding carboxylic acids is 1. The third kappa shape index (κ3) is 7.11. The number of hydrogen-bond donors (Lipinski definition) is 2. The van der Waals surface area contributed by atoms with E-state index in [0.29, 0.717) is 28.5 Å². The first kappa shape index (κ1) is 32.8. The molecule has 0 saturated heterocycles. The molecule has 1 aliphatic heterocycles. The molecule has 0 aliphatic carbocycles. The van der Waals surface area contributed by atoms with Crippen LogP contribution in [-0.4, -0.2) is 33.8 Å². The lowest BCUT2D eigenvalue weighted by atomic mass is 9.98. The average molecular weight is 635 g/mol. The summed E-state index contributed by atoms with van der Waals surface area (Å²) in [5, 5.41) is 6.02. The summed E-state index contributed by atoms with van der Waals surface area (Å²) in [5.74, 6) is 0.123. The largest absolute Gasteiger partial charge is 0.481 e.